The van der Waals surface area contributed by atoms with E-state index in [1.165, 1.54) is 5.56 Å². The molecule has 8 heteroatoms. The van der Waals surface area contributed by atoms with Gasteiger partial charge in [-0.25, -0.2) is 4.98 Å². The lowest BCUT2D eigenvalue weighted by Gasteiger charge is -2.35. The fourth-order valence-corrected chi connectivity index (χ4v) is 4.78. The summed E-state index contributed by atoms with van der Waals surface area (Å²) in [6.45, 7) is 2.76. The van der Waals surface area contributed by atoms with Gasteiger partial charge in [-0.1, -0.05) is 35.6 Å². The molecule has 3 aromatic rings. The van der Waals surface area contributed by atoms with Gasteiger partial charge >= 0.3 is 0 Å². The van der Waals surface area contributed by atoms with Gasteiger partial charge in [-0.3, -0.25) is 24.7 Å². The lowest BCUT2D eigenvalue weighted by atomic mass is 10.0. The van der Waals surface area contributed by atoms with Crippen LogP contribution in [-0.4, -0.2) is 66.2 Å². The van der Waals surface area contributed by atoms with Gasteiger partial charge in [0.15, 0.2) is 6.29 Å². The van der Waals surface area contributed by atoms with Crippen LogP contribution in [0.1, 0.15) is 18.4 Å². The molecule has 0 amide bonds. The Morgan fingerprint density at radius 3 is 2.59 bits per heavy atom. The van der Waals surface area contributed by atoms with Crippen molar-refractivity contribution in [1.29, 1.82) is 0 Å². The number of carbonyl (C=O) groups excluding carboxylic acids is 2. The van der Waals surface area contributed by atoms with Crippen LogP contribution in [0.15, 0.2) is 48.5 Å². The second kappa shape index (κ2) is 10.3. The number of fused-ring (bicyclic) bond motifs is 1. The van der Waals surface area contributed by atoms with Gasteiger partial charge in [-0.2, -0.15) is 0 Å². The summed E-state index contributed by atoms with van der Waals surface area (Å²) >= 11 is 1.54. The van der Waals surface area contributed by atoms with Crippen LogP contribution in [-0.2, 0) is 16.1 Å². The van der Waals surface area contributed by atoms with Crippen molar-refractivity contribution in [3.8, 4) is 10.9 Å². The number of benzene rings is 2. The van der Waals surface area contributed by atoms with E-state index in [-0.39, 0.29) is 6.04 Å². The van der Waals surface area contributed by atoms with Crippen molar-refractivity contribution in [3.63, 3.8) is 0 Å². The van der Waals surface area contributed by atoms with Crippen molar-refractivity contribution >= 4 is 33.6 Å². The maximum atomic E-state index is 11.8. The van der Waals surface area contributed by atoms with Crippen LogP contribution in [0.4, 0.5) is 0 Å². The smallest absolute Gasteiger partial charge is 0.279 e. The minimum atomic E-state index is -0.549. The largest absolute Gasteiger partial charge is 0.431 e. The first-order valence-corrected chi connectivity index (χ1v) is 11.6. The molecule has 32 heavy (non-hydrogen) atoms. The number of ketones is 1. The first-order valence-electron chi connectivity index (χ1n) is 10.8. The number of carbonyl (C=O) groups is 2. The van der Waals surface area contributed by atoms with Crippen LogP contribution < -0.4 is 10.1 Å². The Bertz CT molecular complexity index is 1030. The Kier molecular flexibility index (Phi) is 7.26. The average molecular weight is 453 g/mol. The maximum Gasteiger partial charge on any atom is 0.279 e. The zero-order valence-corrected chi connectivity index (χ0v) is 19.2. The molecule has 1 atom stereocenters. The number of aromatic nitrogens is 1. The first kappa shape index (κ1) is 22.5. The molecule has 0 aliphatic carbocycles. The van der Waals surface area contributed by atoms with Crippen molar-refractivity contribution in [2.24, 2.45) is 0 Å². The predicted molar refractivity (Wildman–Crippen MR) is 126 cm³/mol. The van der Waals surface area contributed by atoms with E-state index < -0.39 is 11.9 Å². The molecule has 168 valence electrons. The van der Waals surface area contributed by atoms with E-state index in [1.54, 1.807) is 30.3 Å². The number of nitrogens with one attached hydrogen (secondary N) is 1. The van der Waals surface area contributed by atoms with Crippen molar-refractivity contribution in [2.75, 3.05) is 27.2 Å². The van der Waals surface area contributed by atoms with Gasteiger partial charge in [-0.15, -0.1) is 0 Å². The number of hydrogen-bond acceptors (Lipinski definition) is 8. The zero-order chi connectivity index (χ0) is 22.5. The van der Waals surface area contributed by atoms with Crippen LogP contribution in [0, 0.1) is 0 Å². The predicted octanol–water partition coefficient (Wildman–Crippen LogP) is 3.30. The summed E-state index contributed by atoms with van der Waals surface area (Å²) in [6, 6.07) is 16.4. The van der Waals surface area contributed by atoms with Gasteiger partial charge in [0.1, 0.15) is 11.9 Å². The Morgan fingerprint density at radius 1 is 1.22 bits per heavy atom. The summed E-state index contributed by atoms with van der Waals surface area (Å²) in [5, 5.41) is 3.98. The highest BCUT2D eigenvalue weighted by Crippen LogP contribution is 2.31. The van der Waals surface area contributed by atoms with Crippen LogP contribution in [0.2, 0.25) is 0 Å². The van der Waals surface area contributed by atoms with E-state index in [2.05, 4.69) is 27.3 Å². The number of likely N-dealkylation sites (tertiary alicyclic amines) is 1. The third-order valence-electron chi connectivity index (χ3n) is 5.69. The Labute approximate surface area is 192 Å². The highest BCUT2D eigenvalue weighted by molar-refractivity contribution is 7.20. The molecule has 0 spiro atoms. The number of rotatable bonds is 9. The molecule has 4 rings (SSSR count). The topological polar surface area (TPSA) is 74.8 Å². The van der Waals surface area contributed by atoms with E-state index in [1.807, 2.05) is 36.4 Å². The van der Waals surface area contributed by atoms with Crippen molar-refractivity contribution in [1.82, 2.24) is 20.1 Å². The molecular weight excluding hydrogens is 424 g/mol. The molecule has 0 bridgehead atoms. The number of ether oxygens (including phenoxy) is 1. The minimum absolute atomic E-state index is 0.229. The molecule has 1 saturated heterocycles. The molecule has 0 saturated carbocycles. The molecule has 2 aromatic carbocycles. The summed E-state index contributed by atoms with van der Waals surface area (Å²) in [4.78, 5) is 31.4. The highest BCUT2D eigenvalue weighted by Gasteiger charge is 2.26. The van der Waals surface area contributed by atoms with Crippen LogP contribution in [0.25, 0.3) is 10.2 Å². The Balaban J connectivity index is 1.27. The van der Waals surface area contributed by atoms with Crippen LogP contribution >= 0.6 is 11.3 Å². The molecule has 1 aliphatic heterocycles. The number of aldehydes is 1. The Morgan fingerprint density at radius 2 is 1.94 bits per heavy atom. The van der Waals surface area contributed by atoms with E-state index in [0.29, 0.717) is 11.5 Å². The number of Topliss-reactive ketones (excluding diaryl/α,β-unsaturated/α-hetero) is 1. The van der Waals surface area contributed by atoms with Crippen molar-refractivity contribution < 1.29 is 14.3 Å². The molecule has 1 aliphatic rings. The maximum absolute atomic E-state index is 11.8. The quantitative estimate of drug-likeness (QED) is 0.303. The van der Waals surface area contributed by atoms with Crippen LogP contribution in [0.5, 0.6) is 10.9 Å². The second-order valence-electron chi connectivity index (χ2n) is 8.30. The summed E-state index contributed by atoms with van der Waals surface area (Å²) < 4.78 is 7.05. The fourth-order valence-electron chi connectivity index (χ4n) is 3.95. The lowest BCUT2D eigenvalue weighted by Crippen LogP contribution is -2.54. The molecular formula is C24H28N4O3S. The van der Waals surface area contributed by atoms with Gasteiger partial charge in [0.2, 0.25) is 5.78 Å². The van der Waals surface area contributed by atoms with Gasteiger partial charge < -0.3 is 4.74 Å². The highest BCUT2D eigenvalue weighted by atomic mass is 32.1. The van der Waals surface area contributed by atoms with E-state index in [4.69, 9.17) is 4.74 Å². The molecule has 1 fully saturated rings. The number of hydrogen-bond donors (Lipinski definition) is 1. The van der Waals surface area contributed by atoms with Gasteiger partial charge in [-0.05, 0) is 69.9 Å². The number of likely N-dealkylation sites (N-methyl/N-ethyl adjacent to an activating group) is 1. The number of para-hydroxylation sites is 1. The van der Waals surface area contributed by atoms with Crippen LogP contribution in [0.3, 0.4) is 0 Å². The first-order chi connectivity index (χ1) is 15.5. The standard InChI is InChI=1S/C24H28N4O3S/c1-27(2)23(21(30)16-29)25-18-11-13-28(14-12-18)15-17-7-9-19(10-8-17)31-24-26-20-5-3-4-6-22(20)32-24/h3-10,16,18,23,25H,11-15H2,1-2H3. The second-order valence-corrected chi connectivity index (χ2v) is 9.29. The van der Waals surface area contributed by atoms with Gasteiger partial charge in [0.05, 0.1) is 10.2 Å². The lowest BCUT2D eigenvalue weighted by molar-refractivity contribution is -0.134. The van der Waals surface area contributed by atoms with E-state index in [9.17, 15) is 9.59 Å². The normalized spacial score (nSPS) is 16.3. The van der Waals surface area contributed by atoms with E-state index >= 15 is 0 Å². The summed E-state index contributed by atoms with van der Waals surface area (Å²) in [6.07, 6.45) is 1.73. The SMILES string of the molecule is CN(C)C(NC1CCN(Cc2ccc(Oc3nc4ccccc4s3)cc2)CC1)C(=O)C=O. The summed E-state index contributed by atoms with van der Waals surface area (Å²) in [5.74, 6) is 0.357. The summed E-state index contributed by atoms with van der Waals surface area (Å²) in [7, 11) is 3.61. The van der Waals surface area contributed by atoms with Gasteiger partial charge in [0, 0.05) is 12.6 Å². The molecule has 7 nitrogen and oxygen atoms in total. The number of piperidine rings is 1. The fraction of sp³-hybridized carbons (Fsp3) is 0.375. The third-order valence-corrected chi connectivity index (χ3v) is 6.61. The zero-order valence-electron chi connectivity index (χ0n) is 18.4. The average Bonchev–Trinajstić information content (AvgIpc) is 3.21. The molecule has 1 unspecified atom stereocenters. The third kappa shape index (κ3) is 5.58. The minimum Gasteiger partial charge on any atom is -0.431 e. The monoisotopic (exact) mass is 452 g/mol. The molecule has 2 heterocycles. The van der Waals surface area contributed by atoms with Crippen molar-refractivity contribution in [2.45, 2.75) is 31.6 Å². The molecule has 1 aromatic heterocycles. The molecule has 0 radical (unpaired) electrons. The van der Waals surface area contributed by atoms with Crippen molar-refractivity contribution in [3.05, 3.63) is 54.1 Å². The van der Waals surface area contributed by atoms with Gasteiger partial charge in [0.25, 0.3) is 5.19 Å². The number of nitrogens with zero attached hydrogens (tertiary/aromatic N) is 3. The summed E-state index contributed by atoms with van der Waals surface area (Å²) in [5.41, 5.74) is 2.18. The molecule has 1 N–H and O–H groups in total. The van der Waals surface area contributed by atoms with E-state index in [0.717, 1.165) is 48.4 Å². The Hall–Kier alpha value is -2.65. The number of thiazole rings is 1.